The zero-order chi connectivity index (χ0) is 19.4. The van der Waals surface area contributed by atoms with Gasteiger partial charge in [-0.2, -0.15) is 13.2 Å². The molecule has 0 saturated heterocycles. The van der Waals surface area contributed by atoms with Gasteiger partial charge in [0.15, 0.2) is 5.78 Å². The molecule has 0 atom stereocenters. The number of nitrogens with zero attached hydrogens (tertiary/aromatic N) is 2. The Kier molecular flexibility index (Phi) is 5.07. The van der Waals surface area contributed by atoms with Crippen LogP contribution in [0.3, 0.4) is 0 Å². The number of hydrogen-bond acceptors (Lipinski definition) is 5. The van der Waals surface area contributed by atoms with Crippen molar-refractivity contribution >= 4 is 28.8 Å². The molecule has 0 aliphatic carbocycles. The minimum atomic E-state index is -4.48. The predicted molar refractivity (Wildman–Crippen MR) is 96.5 cm³/mol. The maximum Gasteiger partial charge on any atom is 0.418 e. The van der Waals surface area contributed by atoms with Gasteiger partial charge in [0.05, 0.1) is 11.3 Å². The average Bonchev–Trinajstić information content (AvgIpc) is 2.62. The number of aromatic nitrogens is 2. The van der Waals surface area contributed by atoms with E-state index in [1.165, 1.54) is 37.5 Å². The average molecular weight is 372 g/mol. The van der Waals surface area contributed by atoms with Crippen LogP contribution in [-0.4, -0.2) is 15.8 Å². The van der Waals surface area contributed by atoms with Gasteiger partial charge in [0.25, 0.3) is 0 Å². The summed E-state index contributed by atoms with van der Waals surface area (Å²) in [6, 6.07) is 13.4. The van der Waals surface area contributed by atoms with Crippen LogP contribution in [0.25, 0.3) is 0 Å². The third-order valence-electron chi connectivity index (χ3n) is 3.73. The fourth-order valence-electron chi connectivity index (χ4n) is 2.41. The van der Waals surface area contributed by atoms with Gasteiger partial charge in [0.2, 0.25) is 0 Å². The van der Waals surface area contributed by atoms with Gasteiger partial charge in [-0.15, -0.1) is 0 Å². The van der Waals surface area contributed by atoms with Crippen LogP contribution < -0.4 is 10.6 Å². The lowest BCUT2D eigenvalue weighted by Gasteiger charge is -2.14. The van der Waals surface area contributed by atoms with Gasteiger partial charge in [-0.25, -0.2) is 9.97 Å². The van der Waals surface area contributed by atoms with Gasteiger partial charge >= 0.3 is 6.18 Å². The lowest BCUT2D eigenvalue weighted by atomic mass is 10.1. The lowest BCUT2D eigenvalue weighted by Crippen LogP contribution is -2.09. The van der Waals surface area contributed by atoms with Gasteiger partial charge in [-0.05, 0) is 43.3 Å². The number of anilines is 4. The zero-order valence-corrected chi connectivity index (χ0v) is 14.2. The summed E-state index contributed by atoms with van der Waals surface area (Å²) in [6.45, 7) is 1.48. The molecule has 1 aromatic heterocycles. The molecule has 3 rings (SSSR count). The summed E-state index contributed by atoms with van der Waals surface area (Å²) in [7, 11) is 0. The normalized spacial score (nSPS) is 11.1. The predicted octanol–water partition coefficient (Wildman–Crippen LogP) is 5.19. The Bertz CT molecular complexity index is 956. The van der Waals surface area contributed by atoms with Crippen LogP contribution in [0, 0.1) is 0 Å². The van der Waals surface area contributed by atoms with Crippen molar-refractivity contribution in [3.63, 3.8) is 0 Å². The summed E-state index contributed by atoms with van der Waals surface area (Å²) >= 11 is 0. The number of ketones is 1. The van der Waals surface area contributed by atoms with E-state index in [4.69, 9.17) is 0 Å². The van der Waals surface area contributed by atoms with E-state index in [2.05, 4.69) is 20.6 Å². The fraction of sp³-hybridized carbons (Fsp3) is 0.105. The van der Waals surface area contributed by atoms with Crippen LogP contribution in [0.5, 0.6) is 0 Å². The third kappa shape index (κ3) is 4.60. The number of Topliss-reactive ketones (excluding diaryl/α,β-unsaturated/α-hetero) is 1. The summed E-state index contributed by atoms with van der Waals surface area (Å²) < 4.78 is 39.3. The quantitative estimate of drug-likeness (QED) is 0.604. The molecule has 138 valence electrons. The van der Waals surface area contributed by atoms with Gasteiger partial charge < -0.3 is 10.6 Å². The third-order valence-corrected chi connectivity index (χ3v) is 3.73. The second-order valence-corrected chi connectivity index (χ2v) is 5.72. The topological polar surface area (TPSA) is 66.9 Å². The molecule has 0 radical (unpaired) electrons. The molecular formula is C19H15F3N4O. The van der Waals surface area contributed by atoms with Crippen molar-refractivity contribution in [3.05, 3.63) is 72.1 Å². The largest absolute Gasteiger partial charge is 0.418 e. The second kappa shape index (κ2) is 7.45. The minimum absolute atomic E-state index is 0.0431. The van der Waals surface area contributed by atoms with Crippen molar-refractivity contribution in [2.75, 3.05) is 10.6 Å². The number of para-hydroxylation sites is 1. The Morgan fingerprint density at radius 3 is 2.19 bits per heavy atom. The van der Waals surface area contributed by atoms with Crippen molar-refractivity contribution < 1.29 is 18.0 Å². The molecule has 0 fully saturated rings. The molecule has 2 aromatic carbocycles. The molecule has 0 aliphatic rings. The molecule has 1 heterocycles. The van der Waals surface area contributed by atoms with Crippen molar-refractivity contribution in [2.45, 2.75) is 13.1 Å². The Hall–Kier alpha value is -3.42. The van der Waals surface area contributed by atoms with Gasteiger partial charge in [0.1, 0.15) is 18.0 Å². The van der Waals surface area contributed by atoms with E-state index in [9.17, 15) is 18.0 Å². The van der Waals surface area contributed by atoms with Gasteiger partial charge in [-0.1, -0.05) is 12.1 Å². The molecule has 8 heteroatoms. The van der Waals surface area contributed by atoms with Crippen molar-refractivity contribution in [2.24, 2.45) is 0 Å². The number of hydrogen-bond donors (Lipinski definition) is 2. The van der Waals surface area contributed by atoms with Crippen molar-refractivity contribution in [3.8, 4) is 0 Å². The molecule has 0 saturated carbocycles. The van der Waals surface area contributed by atoms with E-state index in [0.717, 1.165) is 6.07 Å². The molecule has 27 heavy (non-hydrogen) atoms. The lowest BCUT2D eigenvalue weighted by molar-refractivity contribution is -0.136. The molecule has 5 nitrogen and oxygen atoms in total. The Balaban J connectivity index is 1.79. The Labute approximate surface area is 153 Å². The fourth-order valence-corrected chi connectivity index (χ4v) is 2.41. The Morgan fingerprint density at radius 2 is 1.56 bits per heavy atom. The summed E-state index contributed by atoms with van der Waals surface area (Å²) in [5, 5.41) is 5.69. The number of alkyl halides is 3. The maximum absolute atomic E-state index is 13.1. The summed E-state index contributed by atoms with van der Waals surface area (Å²) in [5.74, 6) is 0.565. The molecule has 0 bridgehead atoms. The van der Waals surface area contributed by atoms with E-state index >= 15 is 0 Å². The monoisotopic (exact) mass is 372 g/mol. The molecular weight excluding hydrogens is 357 g/mol. The summed E-state index contributed by atoms with van der Waals surface area (Å²) in [5.41, 5.74) is 0.382. The van der Waals surface area contributed by atoms with Crippen LogP contribution in [0.15, 0.2) is 60.9 Å². The number of nitrogens with one attached hydrogen (secondary N) is 2. The number of benzene rings is 2. The first-order chi connectivity index (χ1) is 12.8. The van der Waals surface area contributed by atoms with Crippen molar-refractivity contribution in [1.82, 2.24) is 9.97 Å². The smallest absolute Gasteiger partial charge is 0.340 e. The second-order valence-electron chi connectivity index (χ2n) is 5.72. The number of rotatable bonds is 5. The number of carbonyl (C=O) groups is 1. The van der Waals surface area contributed by atoms with Gasteiger partial charge in [0, 0.05) is 17.3 Å². The van der Waals surface area contributed by atoms with E-state index < -0.39 is 11.7 Å². The van der Waals surface area contributed by atoms with Gasteiger partial charge in [-0.3, -0.25) is 4.79 Å². The van der Waals surface area contributed by atoms with Crippen LogP contribution in [0.4, 0.5) is 36.2 Å². The highest BCUT2D eigenvalue weighted by Gasteiger charge is 2.33. The highest BCUT2D eigenvalue weighted by molar-refractivity contribution is 5.94. The zero-order valence-electron chi connectivity index (χ0n) is 14.2. The highest BCUT2D eigenvalue weighted by Crippen LogP contribution is 2.35. The van der Waals surface area contributed by atoms with E-state index in [0.29, 0.717) is 17.1 Å². The molecule has 0 unspecified atom stereocenters. The van der Waals surface area contributed by atoms with Crippen LogP contribution in [-0.2, 0) is 6.18 Å². The molecule has 3 aromatic rings. The standard InChI is InChI=1S/C19H15F3N4O/c1-12(27)13-6-8-14(9-7-13)25-17-10-18(24-11-23-17)26-16-5-3-2-4-15(16)19(20,21)22/h2-11H,1H3,(H2,23,24,25,26). The molecule has 0 aliphatic heterocycles. The van der Waals surface area contributed by atoms with E-state index in [-0.39, 0.29) is 17.3 Å². The SMILES string of the molecule is CC(=O)c1ccc(Nc2cc(Nc3ccccc3C(F)(F)F)ncn2)cc1. The summed E-state index contributed by atoms with van der Waals surface area (Å²) in [4.78, 5) is 19.3. The number of carbonyl (C=O) groups excluding carboxylic acids is 1. The summed E-state index contributed by atoms with van der Waals surface area (Å²) in [6.07, 6.45) is -3.24. The minimum Gasteiger partial charge on any atom is -0.340 e. The van der Waals surface area contributed by atoms with E-state index in [1.54, 1.807) is 24.3 Å². The van der Waals surface area contributed by atoms with E-state index in [1.807, 2.05) is 0 Å². The highest BCUT2D eigenvalue weighted by atomic mass is 19.4. The molecule has 0 spiro atoms. The molecule has 0 amide bonds. The Morgan fingerprint density at radius 1 is 0.926 bits per heavy atom. The number of halogens is 3. The first kappa shape index (κ1) is 18.4. The first-order valence-electron chi connectivity index (χ1n) is 7.96. The first-order valence-corrected chi connectivity index (χ1v) is 7.96. The van der Waals surface area contributed by atoms with Crippen LogP contribution >= 0.6 is 0 Å². The van der Waals surface area contributed by atoms with Crippen molar-refractivity contribution in [1.29, 1.82) is 0 Å². The van der Waals surface area contributed by atoms with Crippen LogP contribution in [0.2, 0.25) is 0 Å². The van der Waals surface area contributed by atoms with Crippen LogP contribution in [0.1, 0.15) is 22.8 Å². The molecule has 2 N–H and O–H groups in total. The maximum atomic E-state index is 13.1.